The average molecular weight is 188 g/mol. The lowest BCUT2D eigenvalue weighted by molar-refractivity contribution is 0.320. The van der Waals surface area contributed by atoms with Gasteiger partial charge in [-0.05, 0) is 18.3 Å². The summed E-state index contributed by atoms with van der Waals surface area (Å²) in [6.07, 6.45) is 5.49. The fourth-order valence-corrected chi connectivity index (χ4v) is 2.00. The number of nitrogens with one attached hydrogen (secondary N) is 1. The molecule has 1 nitrogen and oxygen atoms in total. The van der Waals surface area contributed by atoms with Crippen LogP contribution in [0.3, 0.4) is 0 Å². The minimum Gasteiger partial charge on any atom is -0.311 e. The molecule has 0 radical (unpaired) electrons. The second kappa shape index (κ2) is 4.29. The van der Waals surface area contributed by atoms with Crippen LogP contribution in [0.5, 0.6) is 0 Å². The molecule has 0 amide bonds. The van der Waals surface area contributed by atoms with Gasteiger partial charge in [0.15, 0.2) is 0 Å². The highest BCUT2D eigenvalue weighted by atomic mass is 35.5. The summed E-state index contributed by atoms with van der Waals surface area (Å²) in [4.78, 5) is 0. The third-order valence-corrected chi connectivity index (χ3v) is 2.81. The van der Waals surface area contributed by atoms with E-state index in [1.807, 2.05) is 0 Å². The van der Waals surface area contributed by atoms with Crippen molar-refractivity contribution in [1.29, 1.82) is 0 Å². The normalized spacial score (nSPS) is 21.2. The molecule has 2 heteroatoms. The molecule has 0 unspecified atom stereocenters. The summed E-state index contributed by atoms with van der Waals surface area (Å²) >= 11 is 5.65. The molecule has 0 aromatic carbocycles. The van der Waals surface area contributed by atoms with Crippen LogP contribution in [0.15, 0.2) is 11.6 Å². The lowest BCUT2D eigenvalue weighted by atomic mass is 9.89. The zero-order chi connectivity index (χ0) is 9.03. The van der Waals surface area contributed by atoms with Crippen LogP contribution in [0.2, 0.25) is 0 Å². The summed E-state index contributed by atoms with van der Waals surface area (Å²) < 4.78 is 0. The van der Waals surface area contributed by atoms with Gasteiger partial charge in [-0.1, -0.05) is 37.9 Å². The summed E-state index contributed by atoms with van der Waals surface area (Å²) in [5.41, 5.74) is 0.520. The van der Waals surface area contributed by atoms with E-state index in [-0.39, 0.29) is 0 Å². The molecule has 1 rings (SSSR count). The van der Waals surface area contributed by atoms with Crippen molar-refractivity contribution in [2.45, 2.75) is 32.6 Å². The van der Waals surface area contributed by atoms with E-state index in [1.165, 1.54) is 25.7 Å². The minimum absolute atomic E-state index is 0.520. The van der Waals surface area contributed by atoms with Crippen molar-refractivity contribution in [3.05, 3.63) is 11.6 Å². The summed E-state index contributed by atoms with van der Waals surface area (Å²) in [6, 6.07) is 0. The highest BCUT2D eigenvalue weighted by Gasteiger charge is 2.27. The molecule has 0 spiro atoms. The summed E-state index contributed by atoms with van der Waals surface area (Å²) in [5.74, 6) is 0. The van der Waals surface area contributed by atoms with E-state index in [0.717, 1.165) is 13.1 Å². The maximum Gasteiger partial charge on any atom is 0.0307 e. The van der Waals surface area contributed by atoms with Gasteiger partial charge in [-0.3, -0.25) is 0 Å². The second-order valence-corrected chi connectivity index (χ2v) is 4.67. The molecule has 12 heavy (non-hydrogen) atoms. The Balaban J connectivity index is 2.17. The third-order valence-electron chi connectivity index (χ3n) is 2.68. The Labute approximate surface area is 80.2 Å². The van der Waals surface area contributed by atoms with E-state index in [1.54, 1.807) is 0 Å². The topological polar surface area (TPSA) is 12.0 Å². The lowest BCUT2D eigenvalue weighted by Gasteiger charge is -2.23. The van der Waals surface area contributed by atoms with Gasteiger partial charge in [0.05, 0.1) is 0 Å². The molecule has 0 aromatic heterocycles. The second-order valence-electron chi connectivity index (χ2n) is 4.14. The maximum atomic E-state index is 5.65. The van der Waals surface area contributed by atoms with Gasteiger partial charge in [0.2, 0.25) is 0 Å². The van der Waals surface area contributed by atoms with Crippen molar-refractivity contribution >= 4 is 11.6 Å². The van der Waals surface area contributed by atoms with Crippen LogP contribution in [0.4, 0.5) is 0 Å². The predicted molar refractivity (Wildman–Crippen MR) is 54.4 cm³/mol. The van der Waals surface area contributed by atoms with Crippen LogP contribution in [0.25, 0.3) is 0 Å². The van der Waals surface area contributed by atoms with Crippen LogP contribution < -0.4 is 5.32 Å². The highest BCUT2D eigenvalue weighted by Crippen LogP contribution is 2.36. The zero-order valence-corrected chi connectivity index (χ0v) is 8.58. The van der Waals surface area contributed by atoms with Gasteiger partial charge in [0, 0.05) is 18.1 Å². The Bertz CT molecular complexity index is 159. The Morgan fingerprint density at radius 3 is 2.58 bits per heavy atom. The van der Waals surface area contributed by atoms with E-state index in [0.29, 0.717) is 10.4 Å². The number of rotatable bonds is 4. The predicted octanol–water partition coefficient (Wildman–Crippen LogP) is 2.91. The van der Waals surface area contributed by atoms with E-state index >= 15 is 0 Å². The van der Waals surface area contributed by atoms with Gasteiger partial charge in [-0.25, -0.2) is 0 Å². The van der Waals surface area contributed by atoms with E-state index in [9.17, 15) is 0 Å². The number of hydrogen-bond donors (Lipinski definition) is 1. The van der Waals surface area contributed by atoms with Crippen LogP contribution >= 0.6 is 11.6 Å². The Morgan fingerprint density at radius 1 is 1.50 bits per heavy atom. The lowest BCUT2D eigenvalue weighted by Crippen LogP contribution is -2.30. The molecule has 70 valence electrons. The molecule has 1 saturated carbocycles. The van der Waals surface area contributed by atoms with Crippen LogP contribution in [0.1, 0.15) is 32.6 Å². The van der Waals surface area contributed by atoms with Crippen molar-refractivity contribution in [3.8, 4) is 0 Å². The third kappa shape index (κ3) is 3.16. The van der Waals surface area contributed by atoms with E-state index in [4.69, 9.17) is 11.6 Å². The van der Waals surface area contributed by atoms with Gasteiger partial charge in [-0.2, -0.15) is 0 Å². The first-order valence-corrected chi connectivity index (χ1v) is 5.04. The maximum absolute atomic E-state index is 5.65. The molecular weight excluding hydrogens is 170 g/mol. The van der Waals surface area contributed by atoms with E-state index in [2.05, 4.69) is 18.8 Å². The Hall–Kier alpha value is -0.0100. The Kier molecular flexibility index (Phi) is 3.60. The monoisotopic (exact) mass is 187 g/mol. The van der Waals surface area contributed by atoms with Crippen LogP contribution in [0, 0.1) is 5.41 Å². The first-order valence-electron chi connectivity index (χ1n) is 4.66. The number of hydrogen-bond acceptors (Lipinski definition) is 1. The van der Waals surface area contributed by atoms with Gasteiger partial charge in [0.25, 0.3) is 0 Å². The average Bonchev–Trinajstić information content (AvgIpc) is 2.35. The number of halogens is 1. The molecule has 0 aromatic rings. The van der Waals surface area contributed by atoms with Crippen molar-refractivity contribution < 1.29 is 0 Å². The van der Waals surface area contributed by atoms with Crippen LogP contribution in [-0.2, 0) is 0 Å². The molecule has 0 atom stereocenters. The van der Waals surface area contributed by atoms with Crippen molar-refractivity contribution in [3.63, 3.8) is 0 Å². The molecule has 1 N–H and O–H groups in total. The fraction of sp³-hybridized carbons (Fsp3) is 0.800. The van der Waals surface area contributed by atoms with Gasteiger partial charge < -0.3 is 5.32 Å². The van der Waals surface area contributed by atoms with Gasteiger partial charge in [-0.15, -0.1) is 0 Å². The molecule has 1 aliphatic carbocycles. The molecular formula is C10H18ClN. The summed E-state index contributed by atoms with van der Waals surface area (Å²) in [7, 11) is 0. The summed E-state index contributed by atoms with van der Waals surface area (Å²) in [6.45, 7) is 7.83. The van der Waals surface area contributed by atoms with Crippen molar-refractivity contribution in [2.75, 3.05) is 13.1 Å². The first kappa shape index (κ1) is 10.1. The molecule has 0 saturated heterocycles. The smallest absolute Gasteiger partial charge is 0.0307 e. The quantitative estimate of drug-likeness (QED) is 0.714. The summed E-state index contributed by atoms with van der Waals surface area (Å²) in [5, 5.41) is 4.04. The van der Waals surface area contributed by atoms with E-state index < -0.39 is 0 Å². The SMILES string of the molecule is C=C(Cl)CNCC1(C)CCCC1. The van der Waals surface area contributed by atoms with Gasteiger partial charge >= 0.3 is 0 Å². The molecule has 1 fully saturated rings. The molecule has 1 aliphatic rings. The molecule has 0 bridgehead atoms. The first-order chi connectivity index (χ1) is 5.62. The zero-order valence-electron chi connectivity index (χ0n) is 7.83. The Morgan fingerprint density at radius 2 is 2.08 bits per heavy atom. The fourth-order valence-electron chi connectivity index (χ4n) is 1.91. The standard InChI is InChI=1S/C10H18ClN/c1-9(11)7-12-8-10(2)5-3-4-6-10/h12H,1,3-8H2,2H3. The largest absolute Gasteiger partial charge is 0.311 e. The van der Waals surface area contributed by atoms with Crippen molar-refractivity contribution in [1.82, 2.24) is 5.32 Å². The van der Waals surface area contributed by atoms with Gasteiger partial charge in [0.1, 0.15) is 0 Å². The molecule has 0 heterocycles. The minimum atomic E-state index is 0.520. The van der Waals surface area contributed by atoms with Crippen molar-refractivity contribution in [2.24, 2.45) is 5.41 Å². The highest BCUT2D eigenvalue weighted by molar-refractivity contribution is 6.29. The molecule has 0 aliphatic heterocycles. The van der Waals surface area contributed by atoms with Crippen LogP contribution in [-0.4, -0.2) is 13.1 Å².